The van der Waals surface area contributed by atoms with E-state index in [2.05, 4.69) is 25.3 Å². The Bertz CT molecular complexity index is 1460. The second-order valence-corrected chi connectivity index (χ2v) is 8.86. The SMILES string of the molecule is COc1ncccc1-c1ccc(O)c(-c2nc3ccc(C(=O)NCCSC(=N)N=C(C)N)cc3[nH]2)c1. The van der Waals surface area contributed by atoms with Crippen LogP contribution in [0.3, 0.4) is 0 Å². The number of nitrogens with two attached hydrogens (primary N) is 1. The maximum Gasteiger partial charge on any atom is 0.251 e. The Labute approximate surface area is 211 Å². The van der Waals surface area contributed by atoms with Crippen LogP contribution < -0.4 is 15.8 Å². The highest BCUT2D eigenvalue weighted by Gasteiger charge is 2.15. The molecule has 0 radical (unpaired) electrons. The van der Waals surface area contributed by atoms with Gasteiger partial charge in [-0.05, 0) is 55.0 Å². The summed E-state index contributed by atoms with van der Waals surface area (Å²) >= 11 is 1.20. The number of aromatic hydroxyl groups is 1. The number of aliphatic imine (C=N–C) groups is 1. The number of carbonyl (C=O) groups is 1. The van der Waals surface area contributed by atoms with E-state index in [1.807, 2.05) is 18.2 Å². The van der Waals surface area contributed by atoms with E-state index in [0.717, 1.165) is 11.1 Å². The molecule has 0 saturated carbocycles. The largest absolute Gasteiger partial charge is 0.507 e. The minimum absolute atomic E-state index is 0.0656. The van der Waals surface area contributed by atoms with Gasteiger partial charge in [0.2, 0.25) is 5.88 Å². The van der Waals surface area contributed by atoms with Gasteiger partial charge in [-0.15, -0.1) is 0 Å². The van der Waals surface area contributed by atoms with Gasteiger partial charge < -0.3 is 25.9 Å². The molecule has 0 aliphatic carbocycles. The third-order valence-corrected chi connectivity index (χ3v) is 5.95. The molecule has 4 aromatic rings. The lowest BCUT2D eigenvalue weighted by Crippen LogP contribution is -2.26. The first kappa shape index (κ1) is 24.7. The van der Waals surface area contributed by atoms with Crippen molar-refractivity contribution in [1.29, 1.82) is 5.41 Å². The number of benzene rings is 2. The van der Waals surface area contributed by atoms with Crippen LogP contribution in [-0.2, 0) is 0 Å². The molecule has 0 saturated heterocycles. The molecular formula is C25H25N7O3S. The number of imidazole rings is 1. The average molecular weight is 504 g/mol. The van der Waals surface area contributed by atoms with Crippen molar-refractivity contribution in [3.05, 3.63) is 60.3 Å². The molecule has 0 aliphatic rings. The van der Waals surface area contributed by atoms with Crippen LogP contribution in [0, 0.1) is 5.41 Å². The number of methoxy groups -OCH3 is 1. The van der Waals surface area contributed by atoms with Crippen molar-refractivity contribution < 1.29 is 14.6 Å². The summed E-state index contributed by atoms with van der Waals surface area (Å²) in [4.78, 5) is 28.5. The number of fused-ring (bicyclic) bond motifs is 1. The fourth-order valence-electron chi connectivity index (χ4n) is 3.55. The molecule has 4 rings (SSSR count). The van der Waals surface area contributed by atoms with Gasteiger partial charge in [0.1, 0.15) is 11.6 Å². The van der Waals surface area contributed by atoms with Gasteiger partial charge in [0.25, 0.3) is 5.91 Å². The predicted molar refractivity (Wildman–Crippen MR) is 143 cm³/mol. The quantitative estimate of drug-likeness (QED) is 0.146. The number of phenols is 1. The third kappa shape index (κ3) is 5.63. The van der Waals surface area contributed by atoms with Gasteiger partial charge in [-0.2, -0.15) is 0 Å². The minimum atomic E-state index is -0.243. The second kappa shape index (κ2) is 10.9. The Hall–Kier alpha value is -4.38. The summed E-state index contributed by atoms with van der Waals surface area (Å²) in [5.74, 6) is 1.58. The molecule has 2 aromatic heterocycles. The lowest BCUT2D eigenvalue weighted by atomic mass is 10.0. The zero-order valence-corrected chi connectivity index (χ0v) is 20.5. The standard InChI is InChI=1S/C25H25N7O3S/c1-14(26)30-25(27)36-11-10-28-23(34)16-5-7-19-20(13-16)32-22(31-19)18-12-15(6-8-21(18)33)17-4-3-9-29-24(17)35-2/h3-9,12-13,33H,10-11H2,1-2H3,(H,28,34)(H,31,32)(H3,26,27,30). The monoisotopic (exact) mass is 503 g/mol. The Morgan fingerprint density at radius 3 is 2.86 bits per heavy atom. The van der Waals surface area contributed by atoms with E-state index in [4.69, 9.17) is 15.9 Å². The topological polar surface area (TPSA) is 162 Å². The van der Waals surface area contributed by atoms with Crippen LogP contribution in [-0.4, -0.2) is 56.4 Å². The zero-order chi connectivity index (χ0) is 25.7. The molecule has 1 amide bonds. The molecule has 11 heteroatoms. The van der Waals surface area contributed by atoms with Gasteiger partial charge in [-0.25, -0.2) is 15.0 Å². The number of nitrogens with zero attached hydrogens (tertiary/aromatic N) is 3. The summed E-state index contributed by atoms with van der Waals surface area (Å²) in [6.07, 6.45) is 1.65. The molecule has 2 heterocycles. The summed E-state index contributed by atoms with van der Waals surface area (Å²) in [5.41, 5.74) is 9.34. The Kier molecular flexibility index (Phi) is 7.50. The van der Waals surface area contributed by atoms with E-state index in [0.29, 0.717) is 52.0 Å². The van der Waals surface area contributed by atoms with Crippen molar-refractivity contribution in [1.82, 2.24) is 20.3 Å². The van der Waals surface area contributed by atoms with Crippen LogP contribution in [0.2, 0.25) is 0 Å². The van der Waals surface area contributed by atoms with Crippen LogP contribution in [0.15, 0.2) is 59.7 Å². The highest BCUT2D eigenvalue weighted by atomic mass is 32.2. The van der Waals surface area contributed by atoms with E-state index in [-0.39, 0.29) is 16.8 Å². The number of H-pyrrole nitrogens is 1. The van der Waals surface area contributed by atoms with E-state index in [1.165, 1.54) is 11.8 Å². The van der Waals surface area contributed by atoms with Crippen molar-refractivity contribution in [2.75, 3.05) is 19.4 Å². The van der Waals surface area contributed by atoms with Gasteiger partial charge in [0.15, 0.2) is 5.17 Å². The Morgan fingerprint density at radius 2 is 2.08 bits per heavy atom. The summed E-state index contributed by atoms with van der Waals surface area (Å²) in [6, 6.07) is 14.0. The normalized spacial score (nSPS) is 11.4. The van der Waals surface area contributed by atoms with Crippen LogP contribution in [0.4, 0.5) is 0 Å². The fourth-order valence-corrected chi connectivity index (χ4v) is 4.16. The second-order valence-electron chi connectivity index (χ2n) is 7.77. The lowest BCUT2D eigenvalue weighted by Gasteiger charge is -2.09. The van der Waals surface area contributed by atoms with Gasteiger partial charge in [0.05, 0.1) is 29.5 Å². The third-order valence-electron chi connectivity index (χ3n) is 5.18. The molecule has 36 heavy (non-hydrogen) atoms. The first-order valence-electron chi connectivity index (χ1n) is 11.0. The maximum absolute atomic E-state index is 12.6. The molecule has 6 N–H and O–H groups in total. The van der Waals surface area contributed by atoms with Crippen LogP contribution >= 0.6 is 11.8 Å². The summed E-state index contributed by atoms with van der Waals surface area (Å²) < 4.78 is 5.36. The first-order valence-corrected chi connectivity index (χ1v) is 12.0. The van der Waals surface area contributed by atoms with Gasteiger partial charge in [-0.1, -0.05) is 17.8 Å². The molecule has 0 aliphatic heterocycles. The van der Waals surface area contributed by atoms with Crippen LogP contribution in [0.5, 0.6) is 11.6 Å². The lowest BCUT2D eigenvalue weighted by molar-refractivity contribution is 0.0956. The summed E-state index contributed by atoms with van der Waals surface area (Å²) in [7, 11) is 1.56. The van der Waals surface area contributed by atoms with Gasteiger partial charge >= 0.3 is 0 Å². The number of nitrogens with one attached hydrogen (secondary N) is 3. The van der Waals surface area contributed by atoms with E-state index in [9.17, 15) is 9.90 Å². The number of rotatable bonds is 7. The fraction of sp³-hybridized carbons (Fsp3) is 0.160. The molecule has 10 nitrogen and oxygen atoms in total. The number of phenolic OH excluding ortho intramolecular Hbond substituents is 1. The molecular weight excluding hydrogens is 478 g/mol. The number of aromatic nitrogens is 3. The molecule has 2 aromatic carbocycles. The van der Waals surface area contributed by atoms with E-state index < -0.39 is 0 Å². The van der Waals surface area contributed by atoms with E-state index in [1.54, 1.807) is 50.6 Å². The first-order chi connectivity index (χ1) is 17.4. The van der Waals surface area contributed by atoms with Crippen molar-refractivity contribution in [2.24, 2.45) is 10.7 Å². The van der Waals surface area contributed by atoms with Crippen molar-refractivity contribution >= 4 is 39.7 Å². The number of ether oxygens (including phenoxy) is 1. The van der Waals surface area contributed by atoms with Crippen molar-refractivity contribution in [2.45, 2.75) is 6.92 Å². The number of aromatic amines is 1. The Balaban J connectivity index is 1.52. The number of amidine groups is 2. The molecule has 0 unspecified atom stereocenters. The maximum atomic E-state index is 12.6. The summed E-state index contributed by atoms with van der Waals surface area (Å²) in [6.45, 7) is 1.99. The predicted octanol–water partition coefficient (Wildman–Crippen LogP) is 3.78. The zero-order valence-electron chi connectivity index (χ0n) is 19.7. The van der Waals surface area contributed by atoms with Crippen LogP contribution in [0.25, 0.3) is 33.5 Å². The highest BCUT2D eigenvalue weighted by Crippen LogP contribution is 2.35. The molecule has 0 bridgehead atoms. The number of amides is 1. The Morgan fingerprint density at radius 1 is 1.25 bits per heavy atom. The average Bonchev–Trinajstić information content (AvgIpc) is 3.29. The van der Waals surface area contributed by atoms with Crippen LogP contribution in [0.1, 0.15) is 17.3 Å². The number of pyridine rings is 1. The van der Waals surface area contributed by atoms with Crippen molar-refractivity contribution in [3.8, 4) is 34.1 Å². The minimum Gasteiger partial charge on any atom is -0.507 e. The van der Waals surface area contributed by atoms with Gasteiger partial charge in [-0.3, -0.25) is 10.2 Å². The van der Waals surface area contributed by atoms with Gasteiger partial charge in [0, 0.05) is 29.6 Å². The molecule has 0 atom stereocenters. The number of hydrogen-bond donors (Lipinski definition) is 5. The van der Waals surface area contributed by atoms with Crippen molar-refractivity contribution in [3.63, 3.8) is 0 Å². The molecule has 0 fully saturated rings. The smallest absolute Gasteiger partial charge is 0.251 e. The molecule has 184 valence electrons. The highest BCUT2D eigenvalue weighted by molar-refractivity contribution is 8.13. The summed E-state index contributed by atoms with van der Waals surface area (Å²) in [5, 5.41) is 21.1. The van der Waals surface area contributed by atoms with E-state index >= 15 is 0 Å². The number of hydrogen-bond acceptors (Lipinski definition) is 7. The number of thioether (sulfide) groups is 1. The molecule has 0 spiro atoms. The number of carbonyl (C=O) groups excluding carboxylic acids is 1.